The van der Waals surface area contributed by atoms with Gasteiger partial charge in [-0.3, -0.25) is 0 Å². The highest BCUT2D eigenvalue weighted by Crippen LogP contribution is 2.21. The number of methoxy groups -OCH3 is 1. The van der Waals surface area contributed by atoms with Crippen molar-refractivity contribution in [1.29, 1.82) is 0 Å². The van der Waals surface area contributed by atoms with E-state index in [1.54, 1.807) is 7.11 Å². The Morgan fingerprint density at radius 2 is 1.89 bits per heavy atom. The van der Waals surface area contributed by atoms with E-state index < -0.39 is 0 Å². The first-order chi connectivity index (χ1) is 9.04. The summed E-state index contributed by atoms with van der Waals surface area (Å²) in [4.78, 5) is 0. The number of aliphatic hydroxyl groups is 1. The maximum atomic E-state index is 9.32. The summed E-state index contributed by atoms with van der Waals surface area (Å²) in [7, 11) is 1.71. The van der Waals surface area contributed by atoms with Gasteiger partial charge in [0.15, 0.2) is 0 Å². The third-order valence-electron chi connectivity index (χ3n) is 3.41. The van der Waals surface area contributed by atoms with E-state index in [-0.39, 0.29) is 6.10 Å². The van der Waals surface area contributed by atoms with Crippen LogP contribution in [-0.2, 0) is 6.42 Å². The Bertz CT molecular complexity index is 364. The Morgan fingerprint density at radius 3 is 2.47 bits per heavy atom. The van der Waals surface area contributed by atoms with Crippen molar-refractivity contribution in [2.75, 3.05) is 13.7 Å². The van der Waals surface area contributed by atoms with E-state index >= 15 is 0 Å². The standard InChI is InChI=1S/C16H27NO2/c1-12(2)15(17-10-9-13(3)18)11-14-7-5-6-8-16(14)19-4/h5-8,12-13,15,17-18H,9-11H2,1-4H3. The predicted octanol–water partition coefficient (Wildman–Crippen LogP) is 2.62. The van der Waals surface area contributed by atoms with E-state index in [0.29, 0.717) is 12.0 Å². The number of ether oxygens (including phenoxy) is 1. The summed E-state index contributed by atoms with van der Waals surface area (Å²) in [5.41, 5.74) is 1.23. The van der Waals surface area contributed by atoms with Gasteiger partial charge in [-0.1, -0.05) is 32.0 Å². The average molecular weight is 265 g/mol. The molecule has 3 nitrogen and oxygen atoms in total. The van der Waals surface area contributed by atoms with Gasteiger partial charge in [-0.2, -0.15) is 0 Å². The van der Waals surface area contributed by atoms with Crippen molar-refractivity contribution in [1.82, 2.24) is 5.32 Å². The van der Waals surface area contributed by atoms with Crippen molar-refractivity contribution >= 4 is 0 Å². The fourth-order valence-electron chi connectivity index (χ4n) is 2.13. The normalized spacial score (nSPS) is 14.4. The zero-order chi connectivity index (χ0) is 14.3. The molecule has 19 heavy (non-hydrogen) atoms. The number of aliphatic hydroxyl groups excluding tert-OH is 1. The maximum absolute atomic E-state index is 9.32. The highest BCUT2D eigenvalue weighted by atomic mass is 16.5. The molecule has 0 aliphatic carbocycles. The lowest BCUT2D eigenvalue weighted by atomic mass is 9.95. The number of benzene rings is 1. The molecule has 2 N–H and O–H groups in total. The van der Waals surface area contributed by atoms with Crippen LogP contribution in [0.1, 0.15) is 32.8 Å². The Hall–Kier alpha value is -1.06. The molecule has 0 spiro atoms. The first-order valence-electron chi connectivity index (χ1n) is 7.08. The van der Waals surface area contributed by atoms with Gasteiger partial charge in [0.25, 0.3) is 0 Å². The van der Waals surface area contributed by atoms with Gasteiger partial charge in [-0.25, -0.2) is 0 Å². The molecule has 1 aromatic rings. The molecule has 108 valence electrons. The number of para-hydroxylation sites is 1. The van der Waals surface area contributed by atoms with Crippen LogP contribution in [0, 0.1) is 5.92 Å². The molecule has 0 aliphatic heterocycles. The summed E-state index contributed by atoms with van der Waals surface area (Å²) < 4.78 is 5.40. The first kappa shape index (κ1) is 16.0. The van der Waals surface area contributed by atoms with Crippen molar-refractivity contribution in [3.8, 4) is 5.75 Å². The molecule has 0 saturated carbocycles. The lowest BCUT2D eigenvalue weighted by molar-refractivity contribution is 0.180. The fourth-order valence-corrected chi connectivity index (χ4v) is 2.13. The van der Waals surface area contributed by atoms with Crippen LogP contribution in [0.25, 0.3) is 0 Å². The number of hydrogen-bond donors (Lipinski definition) is 2. The molecule has 0 bridgehead atoms. The summed E-state index contributed by atoms with van der Waals surface area (Å²) in [6.07, 6.45) is 1.49. The third kappa shape index (κ3) is 5.62. The molecular weight excluding hydrogens is 238 g/mol. The van der Waals surface area contributed by atoms with Crippen LogP contribution < -0.4 is 10.1 Å². The van der Waals surface area contributed by atoms with Crippen LogP contribution >= 0.6 is 0 Å². The van der Waals surface area contributed by atoms with Gasteiger partial charge in [0, 0.05) is 6.04 Å². The van der Waals surface area contributed by atoms with Gasteiger partial charge in [0.1, 0.15) is 5.75 Å². The zero-order valence-electron chi connectivity index (χ0n) is 12.5. The summed E-state index contributed by atoms with van der Waals surface area (Å²) in [5.74, 6) is 1.49. The van der Waals surface area contributed by atoms with E-state index in [9.17, 15) is 5.11 Å². The lowest BCUT2D eigenvalue weighted by Crippen LogP contribution is -2.37. The van der Waals surface area contributed by atoms with E-state index in [1.807, 2.05) is 25.1 Å². The molecular formula is C16H27NO2. The second kappa shape index (κ2) is 8.18. The third-order valence-corrected chi connectivity index (χ3v) is 3.41. The second-order valence-electron chi connectivity index (χ2n) is 5.46. The monoisotopic (exact) mass is 265 g/mol. The Balaban J connectivity index is 2.62. The van der Waals surface area contributed by atoms with Crippen LogP contribution in [0.4, 0.5) is 0 Å². The van der Waals surface area contributed by atoms with Gasteiger partial charge in [0.2, 0.25) is 0 Å². The van der Waals surface area contributed by atoms with E-state index in [4.69, 9.17) is 4.74 Å². The minimum absolute atomic E-state index is 0.244. The minimum atomic E-state index is -0.244. The van der Waals surface area contributed by atoms with E-state index in [0.717, 1.165) is 25.1 Å². The van der Waals surface area contributed by atoms with Crippen LogP contribution in [0.5, 0.6) is 5.75 Å². The zero-order valence-corrected chi connectivity index (χ0v) is 12.5. The molecule has 1 aromatic carbocycles. The van der Waals surface area contributed by atoms with Gasteiger partial charge >= 0.3 is 0 Å². The van der Waals surface area contributed by atoms with Crippen LogP contribution in [-0.4, -0.2) is 30.9 Å². The molecule has 0 aliphatic rings. The van der Waals surface area contributed by atoms with Crippen molar-refractivity contribution in [3.05, 3.63) is 29.8 Å². The molecule has 1 rings (SSSR count). The highest BCUT2D eigenvalue weighted by molar-refractivity contribution is 5.33. The van der Waals surface area contributed by atoms with E-state index in [1.165, 1.54) is 5.56 Å². The molecule has 0 heterocycles. The Kier molecular flexibility index (Phi) is 6.89. The van der Waals surface area contributed by atoms with Crippen molar-refractivity contribution in [3.63, 3.8) is 0 Å². The molecule has 2 atom stereocenters. The summed E-state index contributed by atoms with van der Waals surface area (Å²) >= 11 is 0. The van der Waals surface area contributed by atoms with Crippen LogP contribution in [0.2, 0.25) is 0 Å². The quantitative estimate of drug-likeness (QED) is 0.759. The topological polar surface area (TPSA) is 41.5 Å². The largest absolute Gasteiger partial charge is 0.496 e. The van der Waals surface area contributed by atoms with Crippen molar-refractivity contribution < 1.29 is 9.84 Å². The second-order valence-corrected chi connectivity index (χ2v) is 5.46. The molecule has 0 amide bonds. The Labute approximate surface area is 117 Å². The smallest absolute Gasteiger partial charge is 0.122 e. The molecule has 3 heteroatoms. The van der Waals surface area contributed by atoms with Crippen LogP contribution in [0.15, 0.2) is 24.3 Å². The molecule has 0 aromatic heterocycles. The lowest BCUT2D eigenvalue weighted by Gasteiger charge is -2.24. The van der Waals surface area contributed by atoms with Crippen molar-refractivity contribution in [2.24, 2.45) is 5.92 Å². The van der Waals surface area contributed by atoms with Gasteiger partial charge < -0.3 is 15.2 Å². The molecule has 0 fully saturated rings. The average Bonchev–Trinajstić information content (AvgIpc) is 2.37. The first-order valence-corrected chi connectivity index (χ1v) is 7.08. The highest BCUT2D eigenvalue weighted by Gasteiger charge is 2.15. The van der Waals surface area contributed by atoms with Gasteiger partial charge in [-0.15, -0.1) is 0 Å². The summed E-state index contributed by atoms with van der Waals surface area (Å²) in [6, 6.07) is 8.56. The number of hydrogen-bond acceptors (Lipinski definition) is 3. The Morgan fingerprint density at radius 1 is 1.21 bits per heavy atom. The van der Waals surface area contributed by atoms with Crippen molar-refractivity contribution in [2.45, 2.75) is 45.8 Å². The molecule has 2 unspecified atom stereocenters. The van der Waals surface area contributed by atoms with Gasteiger partial charge in [-0.05, 0) is 43.9 Å². The number of nitrogens with one attached hydrogen (secondary N) is 1. The summed E-state index contributed by atoms with van der Waals surface area (Å²) in [6.45, 7) is 7.10. The SMILES string of the molecule is COc1ccccc1CC(NCCC(C)O)C(C)C. The van der Waals surface area contributed by atoms with Crippen LogP contribution in [0.3, 0.4) is 0 Å². The van der Waals surface area contributed by atoms with E-state index in [2.05, 4.69) is 25.2 Å². The number of rotatable bonds is 8. The molecule has 0 saturated heterocycles. The van der Waals surface area contributed by atoms with Gasteiger partial charge in [0.05, 0.1) is 13.2 Å². The fraction of sp³-hybridized carbons (Fsp3) is 0.625. The molecule has 0 radical (unpaired) electrons. The minimum Gasteiger partial charge on any atom is -0.496 e. The summed E-state index contributed by atoms with van der Waals surface area (Å²) in [5, 5.41) is 12.9. The predicted molar refractivity (Wildman–Crippen MR) is 79.6 cm³/mol. The maximum Gasteiger partial charge on any atom is 0.122 e.